The van der Waals surface area contributed by atoms with E-state index in [1.807, 2.05) is 65.8 Å². The third kappa shape index (κ3) is 11.5. The molecule has 0 saturated carbocycles. The second-order valence-corrected chi connectivity index (χ2v) is 11.9. The fraction of sp³-hybridized carbons (Fsp3) is 0.594. The minimum Gasteiger partial charge on any atom is -0.481 e. The van der Waals surface area contributed by atoms with E-state index >= 15 is 0 Å². The number of aryl methyl sites for hydroxylation is 1. The summed E-state index contributed by atoms with van der Waals surface area (Å²) in [5.74, 6) is -3.88. The van der Waals surface area contributed by atoms with Gasteiger partial charge in [-0.25, -0.2) is 4.79 Å². The molecule has 0 heterocycles. The summed E-state index contributed by atoms with van der Waals surface area (Å²) in [6, 6.07) is 5.48. The Balaban J connectivity index is 3.14. The standard InChI is InChI=1S/C32H50N4O7/c1-9-10-16-36(25(20(2)3)18-22(5)29(40)35-24(31(42)43)14-15-27(38)39)26(37)19-34-30(41)28(33-8)32(6,7)23-13-11-12-21(4)17-23/h11-13,17-18,20,24-25,28,33H,9-10,14-16,19H2,1-8H3,(H,34,41)(H,35,40)(H,38,39)(H,42,43)/b22-18+/t24-,25-,28-/m1/s1. The van der Waals surface area contributed by atoms with Gasteiger partial charge in [-0.05, 0) is 45.2 Å². The molecule has 0 saturated heterocycles. The number of hydrogen-bond donors (Lipinski definition) is 5. The number of rotatable bonds is 18. The van der Waals surface area contributed by atoms with Crippen molar-refractivity contribution < 1.29 is 34.2 Å². The first-order chi connectivity index (χ1) is 20.1. The molecule has 0 aliphatic heterocycles. The van der Waals surface area contributed by atoms with Gasteiger partial charge in [-0.1, -0.05) is 76.9 Å². The third-order valence-electron chi connectivity index (χ3n) is 7.59. The van der Waals surface area contributed by atoms with E-state index in [-0.39, 0.29) is 36.3 Å². The molecule has 0 spiro atoms. The largest absolute Gasteiger partial charge is 0.481 e. The number of likely N-dealkylation sites (N-methyl/N-ethyl adjacent to an activating group) is 1. The number of unbranched alkanes of at least 4 members (excludes halogenated alkanes) is 1. The third-order valence-corrected chi connectivity index (χ3v) is 7.59. The van der Waals surface area contributed by atoms with Gasteiger partial charge in [-0.3, -0.25) is 19.2 Å². The summed E-state index contributed by atoms with van der Waals surface area (Å²) >= 11 is 0. The van der Waals surface area contributed by atoms with Gasteiger partial charge >= 0.3 is 11.9 Å². The van der Waals surface area contributed by atoms with Crippen LogP contribution in [0.5, 0.6) is 0 Å². The average molecular weight is 603 g/mol. The Morgan fingerprint density at radius 1 is 1.09 bits per heavy atom. The fourth-order valence-corrected chi connectivity index (χ4v) is 4.94. The van der Waals surface area contributed by atoms with Crippen LogP contribution in [0.25, 0.3) is 0 Å². The minimum absolute atomic E-state index is 0.105. The molecule has 1 rings (SSSR count). The first kappa shape index (κ1) is 37.3. The lowest BCUT2D eigenvalue weighted by atomic mass is 9.77. The zero-order chi connectivity index (χ0) is 32.9. The second-order valence-electron chi connectivity index (χ2n) is 11.9. The van der Waals surface area contributed by atoms with E-state index in [0.717, 1.165) is 17.5 Å². The van der Waals surface area contributed by atoms with E-state index in [1.54, 1.807) is 18.0 Å². The first-order valence-electron chi connectivity index (χ1n) is 14.8. The van der Waals surface area contributed by atoms with Crippen molar-refractivity contribution in [3.63, 3.8) is 0 Å². The zero-order valence-corrected chi connectivity index (χ0v) is 26.8. The number of aliphatic carboxylic acids is 2. The number of nitrogens with zero attached hydrogens (tertiary/aromatic N) is 1. The van der Waals surface area contributed by atoms with Crippen molar-refractivity contribution in [3.8, 4) is 0 Å². The lowest BCUT2D eigenvalue weighted by Crippen LogP contribution is -2.55. The Labute approximate surface area is 255 Å². The molecule has 0 unspecified atom stereocenters. The molecule has 0 aliphatic carbocycles. The number of amides is 3. The normalized spacial score (nSPS) is 14.0. The van der Waals surface area contributed by atoms with E-state index in [0.29, 0.717) is 13.0 Å². The Bertz CT molecular complexity index is 1160. The van der Waals surface area contributed by atoms with Crippen LogP contribution < -0.4 is 16.0 Å². The molecule has 3 atom stereocenters. The molecular formula is C32H50N4O7. The number of nitrogens with one attached hydrogen (secondary N) is 3. The van der Waals surface area contributed by atoms with Crippen molar-refractivity contribution in [2.45, 2.75) is 97.7 Å². The fourth-order valence-electron chi connectivity index (χ4n) is 4.94. The minimum atomic E-state index is -1.36. The average Bonchev–Trinajstić information content (AvgIpc) is 2.93. The molecular weight excluding hydrogens is 552 g/mol. The summed E-state index contributed by atoms with van der Waals surface area (Å²) in [4.78, 5) is 63.9. The molecule has 0 fully saturated rings. The molecule has 43 heavy (non-hydrogen) atoms. The lowest BCUT2D eigenvalue weighted by Gasteiger charge is -2.35. The highest BCUT2D eigenvalue weighted by Crippen LogP contribution is 2.28. The summed E-state index contributed by atoms with van der Waals surface area (Å²) < 4.78 is 0. The Kier molecular flexibility index (Phi) is 15.1. The van der Waals surface area contributed by atoms with E-state index in [4.69, 9.17) is 5.11 Å². The predicted molar refractivity (Wildman–Crippen MR) is 166 cm³/mol. The molecule has 0 aliphatic rings. The Hall–Kier alpha value is -3.73. The highest BCUT2D eigenvalue weighted by atomic mass is 16.4. The van der Waals surface area contributed by atoms with E-state index in [1.165, 1.54) is 6.92 Å². The molecule has 11 nitrogen and oxygen atoms in total. The summed E-state index contributed by atoms with van der Waals surface area (Å²) in [5.41, 5.74) is 1.71. The van der Waals surface area contributed by atoms with Gasteiger partial charge in [-0.15, -0.1) is 0 Å². The van der Waals surface area contributed by atoms with Gasteiger partial charge in [0.05, 0.1) is 18.6 Å². The van der Waals surface area contributed by atoms with Gasteiger partial charge in [0.1, 0.15) is 6.04 Å². The summed E-state index contributed by atoms with van der Waals surface area (Å²) in [5, 5.41) is 26.6. The highest BCUT2D eigenvalue weighted by molar-refractivity contribution is 5.95. The van der Waals surface area contributed by atoms with Gasteiger partial charge in [0.15, 0.2) is 0 Å². The van der Waals surface area contributed by atoms with Crippen LogP contribution in [-0.4, -0.2) is 83.0 Å². The molecule has 0 radical (unpaired) electrons. The van der Waals surface area contributed by atoms with Gasteiger partial charge in [0.2, 0.25) is 17.7 Å². The Morgan fingerprint density at radius 3 is 2.26 bits per heavy atom. The van der Waals surface area contributed by atoms with E-state index < -0.39 is 47.8 Å². The molecule has 0 aromatic heterocycles. The molecule has 3 amide bonds. The maximum absolute atomic E-state index is 13.6. The monoisotopic (exact) mass is 602 g/mol. The zero-order valence-electron chi connectivity index (χ0n) is 26.8. The predicted octanol–water partition coefficient (Wildman–Crippen LogP) is 3.01. The van der Waals surface area contributed by atoms with Crippen molar-refractivity contribution in [1.29, 1.82) is 0 Å². The van der Waals surface area contributed by atoms with Crippen LogP contribution in [0, 0.1) is 12.8 Å². The summed E-state index contributed by atoms with van der Waals surface area (Å²) in [6.07, 6.45) is 2.49. The number of hydrogen-bond acceptors (Lipinski definition) is 6. The Morgan fingerprint density at radius 2 is 1.74 bits per heavy atom. The molecule has 5 N–H and O–H groups in total. The molecule has 1 aromatic carbocycles. The number of benzene rings is 1. The van der Waals surface area contributed by atoms with Crippen LogP contribution in [0.2, 0.25) is 0 Å². The van der Waals surface area contributed by atoms with Crippen molar-refractivity contribution >= 4 is 29.7 Å². The number of carbonyl (C=O) groups excluding carboxylic acids is 3. The smallest absolute Gasteiger partial charge is 0.326 e. The quantitative estimate of drug-likeness (QED) is 0.160. The number of carboxylic acid groups (broad SMARTS) is 2. The molecule has 0 bridgehead atoms. The van der Waals surface area contributed by atoms with Crippen LogP contribution in [0.4, 0.5) is 0 Å². The van der Waals surface area contributed by atoms with Crippen molar-refractivity contribution in [1.82, 2.24) is 20.9 Å². The van der Waals surface area contributed by atoms with Crippen LogP contribution in [0.3, 0.4) is 0 Å². The molecule has 11 heteroatoms. The van der Waals surface area contributed by atoms with E-state index in [9.17, 15) is 29.1 Å². The van der Waals surface area contributed by atoms with Crippen LogP contribution >= 0.6 is 0 Å². The van der Waals surface area contributed by atoms with Gasteiger partial charge < -0.3 is 31.1 Å². The molecule has 1 aromatic rings. The number of carboxylic acids is 2. The van der Waals surface area contributed by atoms with Crippen molar-refractivity contribution in [2.24, 2.45) is 5.92 Å². The van der Waals surface area contributed by atoms with Crippen LogP contribution in [-0.2, 0) is 29.4 Å². The molecule has 240 valence electrons. The number of carbonyl (C=O) groups is 5. The van der Waals surface area contributed by atoms with E-state index in [2.05, 4.69) is 16.0 Å². The maximum Gasteiger partial charge on any atom is 0.326 e. The van der Waals surface area contributed by atoms with Gasteiger partial charge in [0, 0.05) is 24.0 Å². The highest BCUT2D eigenvalue weighted by Gasteiger charge is 2.36. The summed E-state index contributed by atoms with van der Waals surface area (Å²) in [7, 11) is 1.71. The summed E-state index contributed by atoms with van der Waals surface area (Å²) in [6.45, 7) is 13.4. The lowest BCUT2D eigenvalue weighted by molar-refractivity contribution is -0.142. The van der Waals surface area contributed by atoms with Crippen molar-refractivity contribution in [2.75, 3.05) is 20.1 Å². The van der Waals surface area contributed by atoms with Gasteiger partial charge in [0.25, 0.3) is 0 Å². The van der Waals surface area contributed by atoms with Crippen LogP contribution in [0.1, 0.15) is 78.4 Å². The van der Waals surface area contributed by atoms with Crippen molar-refractivity contribution in [3.05, 3.63) is 47.0 Å². The topological polar surface area (TPSA) is 165 Å². The SMILES string of the molecule is CCCCN(C(=O)CNC(=O)[C@@H](NC)C(C)(C)c1cccc(C)c1)[C@H](/C=C(\C)C(=O)N[C@H](CCC(=O)O)C(=O)O)C(C)C. The van der Waals surface area contributed by atoms with Crippen LogP contribution in [0.15, 0.2) is 35.9 Å². The van der Waals surface area contributed by atoms with Gasteiger partial charge in [-0.2, -0.15) is 0 Å². The second kappa shape index (κ2) is 17.4. The first-order valence-corrected chi connectivity index (χ1v) is 14.8. The maximum atomic E-state index is 13.6.